The first-order valence-corrected chi connectivity index (χ1v) is 5.44. The number of hydrogen-bond acceptors (Lipinski definition) is 4. The molecule has 0 aromatic carbocycles. The van der Waals surface area contributed by atoms with E-state index in [2.05, 4.69) is 6.58 Å². The van der Waals surface area contributed by atoms with E-state index in [0.717, 1.165) is 6.42 Å². The van der Waals surface area contributed by atoms with Gasteiger partial charge in [-0.15, -0.1) is 5.06 Å². The molecule has 2 aliphatic rings. The highest BCUT2D eigenvalue weighted by Gasteiger charge is 2.49. The van der Waals surface area contributed by atoms with Crippen LogP contribution in [0.15, 0.2) is 24.3 Å². The summed E-state index contributed by atoms with van der Waals surface area (Å²) in [5.41, 5.74) is 0.149. The Morgan fingerprint density at radius 1 is 1.47 bits per heavy atom. The number of amides is 2. The van der Waals surface area contributed by atoms with E-state index in [-0.39, 0.29) is 11.5 Å². The standard InChI is InChI=1S/C12H13NO4/c1-7(2)12(16)17-13-10(14)8-5-3-4-6-9(8)11(13)15/h3,5,8-9H,1,4,6H2,2H3. The topological polar surface area (TPSA) is 63.7 Å². The van der Waals surface area contributed by atoms with Crippen molar-refractivity contribution < 1.29 is 19.2 Å². The van der Waals surface area contributed by atoms with Crippen molar-refractivity contribution in [3.8, 4) is 0 Å². The van der Waals surface area contributed by atoms with Gasteiger partial charge in [-0.05, 0) is 19.8 Å². The van der Waals surface area contributed by atoms with Crippen molar-refractivity contribution in [2.24, 2.45) is 11.8 Å². The number of hydrogen-bond donors (Lipinski definition) is 0. The number of carbonyl (C=O) groups excluding carboxylic acids is 3. The highest BCUT2D eigenvalue weighted by molar-refractivity contribution is 6.06. The molecule has 2 rings (SSSR count). The van der Waals surface area contributed by atoms with Gasteiger partial charge in [-0.1, -0.05) is 18.7 Å². The Labute approximate surface area is 98.7 Å². The van der Waals surface area contributed by atoms with Gasteiger partial charge in [-0.2, -0.15) is 0 Å². The molecule has 0 radical (unpaired) electrons. The first-order valence-electron chi connectivity index (χ1n) is 5.44. The van der Waals surface area contributed by atoms with E-state index in [0.29, 0.717) is 11.5 Å². The van der Waals surface area contributed by atoms with Gasteiger partial charge in [0.15, 0.2) is 0 Å². The van der Waals surface area contributed by atoms with Crippen molar-refractivity contribution in [3.63, 3.8) is 0 Å². The van der Waals surface area contributed by atoms with Crippen molar-refractivity contribution in [2.75, 3.05) is 0 Å². The summed E-state index contributed by atoms with van der Waals surface area (Å²) in [5, 5.41) is 0.585. The van der Waals surface area contributed by atoms with Crippen molar-refractivity contribution in [1.29, 1.82) is 0 Å². The summed E-state index contributed by atoms with van der Waals surface area (Å²) >= 11 is 0. The van der Waals surface area contributed by atoms with Crippen LogP contribution in [0.4, 0.5) is 0 Å². The van der Waals surface area contributed by atoms with Gasteiger partial charge in [0.25, 0.3) is 11.8 Å². The molecule has 90 valence electrons. The fraction of sp³-hybridized carbons (Fsp3) is 0.417. The number of allylic oxidation sites excluding steroid dienone is 1. The van der Waals surface area contributed by atoms with Gasteiger partial charge in [0, 0.05) is 5.57 Å². The van der Waals surface area contributed by atoms with Crippen LogP contribution in [-0.2, 0) is 19.2 Å². The minimum absolute atomic E-state index is 0.149. The van der Waals surface area contributed by atoms with Crippen molar-refractivity contribution in [2.45, 2.75) is 19.8 Å². The number of rotatable bonds is 2. The smallest absolute Gasteiger partial charge is 0.325 e. The third-order valence-corrected chi connectivity index (χ3v) is 2.95. The van der Waals surface area contributed by atoms with E-state index in [1.54, 1.807) is 6.08 Å². The highest BCUT2D eigenvalue weighted by Crippen LogP contribution is 2.34. The van der Waals surface area contributed by atoms with Gasteiger partial charge in [-0.25, -0.2) is 4.79 Å². The molecule has 1 heterocycles. The maximum Gasteiger partial charge on any atom is 0.359 e. The van der Waals surface area contributed by atoms with Crippen molar-refractivity contribution >= 4 is 17.8 Å². The van der Waals surface area contributed by atoms with Crippen LogP contribution in [0.1, 0.15) is 19.8 Å². The molecule has 0 N–H and O–H groups in total. The largest absolute Gasteiger partial charge is 0.359 e. The average Bonchev–Trinajstić information content (AvgIpc) is 2.55. The summed E-state index contributed by atoms with van der Waals surface area (Å²) in [4.78, 5) is 39.8. The molecular weight excluding hydrogens is 222 g/mol. The SMILES string of the molecule is C=C(C)C(=O)ON1C(=O)C2C=CCCC2C1=O. The fourth-order valence-corrected chi connectivity index (χ4v) is 2.01. The van der Waals surface area contributed by atoms with E-state index in [1.165, 1.54) is 6.92 Å². The second-order valence-electron chi connectivity index (χ2n) is 4.27. The average molecular weight is 235 g/mol. The monoisotopic (exact) mass is 235 g/mol. The number of nitrogens with zero attached hydrogens (tertiary/aromatic N) is 1. The summed E-state index contributed by atoms with van der Waals surface area (Å²) in [7, 11) is 0. The molecule has 0 saturated carbocycles. The molecular formula is C12H13NO4. The molecule has 5 nitrogen and oxygen atoms in total. The van der Waals surface area contributed by atoms with Crippen LogP contribution in [0.2, 0.25) is 0 Å². The predicted octanol–water partition coefficient (Wildman–Crippen LogP) is 0.972. The Kier molecular flexibility index (Phi) is 2.83. The van der Waals surface area contributed by atoms with E-state index >= 15 is 0 Å². The molecule has 1 aliphatic heterocycles. The first kappa shape index (κ1) is 11.6. The van der Waals surface area contributed by atoms with Gasteiger partial charge >= 0.3 is 5.97 Å². The molecule has 1 saturated heterocycles. The van der Waals surface area contributed by atoms with E-state index in [9.17, 15) is 14.4 Å². The molecule has 0 spiro atoms. The number of imide groups is 1. The Hall–Kier alpha value is -1.91. The number of hydroxylamine groups is 2. The Morgan fingerprint density at radius 2 is 2.18 bits per heavy atom. The van der Waals surface area contributed by atoms with Gasteiger partial charge in [-0.3, -0.25) is 9.59 Å². The van der Waals surface area contributed by atoms with Crippen LogP contribution in [-0.4, -0.2) is 22.8 Å². The van der Waals surface area contributed by atoms with Crippen LogP contribution >= 0.6 is 0 Å². The molecule has 1 fully saturated rings. The summed E-state index contributed by atoms with van der Waals surface area (Å²) in [5.74, 6) is -2.52. The maximum atomic E-state index is 11.9. The van der Waals surface area contributed by atoms with E-state index < -0.39 is 23.7 Å². The van der Waals surface area contributed by atoms with Crippen LogP contribution in [0.25, 0.3) is 0 Å². The minimum Gasteiger partial charge on any atom is -0.325 e. The molecule has 5 heteroatoms. The van der Waals surface area contributed by atoms with E-state index in [1.807, 2.05) is 6.08 Å². The third-order valence-electron chi connectivity index (χ3n) is 2.95. The molecule has 2 atom stereocenters. The minimum atomic E-state index is -0.755. The summed E-state index contributed by atoms with van der Waals surface area (Å²) in [6, 6.07) is 0. The predicted molar refractivity (Wildman–Crippen MR) is 58.1 cm³/mol. The normalized spacial score (nSPS) is 27.0. The third kappa shape index (κ3) is 1.88. The lowest BCUT2D eigenvalue weighted by atomic mass is 9.86. The highest BCUT2D eigenvalue weighted by atomic mass is 16.7. The summed E-state index contributed by atoms with van der Waals surface area (Å²) in [6.07, 6.45) is 4.97. The molecule has 1 aliphatic carbocycles. The molecule has 2 amide bonds. The number of carbonyl (C=O) groups is 3. The summed E-state index contributed by atoms with van der Waals surface area (Å²) < 4.78 is 0. The van der Waals surface area contributed by atoms with Gasteiger partial charge < -0.3 is 4.84 Å². The lowest BCUT2D eigenvalue weighted by Gasteiger charge is -2.13. The van der Waals surface area contributed by atoms with Crippen LogP contribution in [0.5, 0.6) is 0 Å². The quantitative estimate of drug-likeness (QED) is 0.406. The molecule has 0 aromatic heterocycles. The van der Waals surface area contributed by atoms with Crippen molar-refractivity contribution in [3.05, 3.63) is 24.3 Å². The zero-order chi connectivity index (χ0) is 12.6. The van der Waals surface area contributed by atoms with Crippen LogP contribution in [0, 0.1) is 11.8 Å². The fourth-order valence-electron chi connectivity index (χ4n) is 2.01. The zero-order valence-electron chi connectivity index (χ0n) is 9.51. The van der Waals surface area contributed by atoms with Crippen LogP contribution in [0.3, 0.4) is 0 Å². The van der Waals surface area contributed by atoms with Gasteiger partial charge in [0.2, 0.25) is 0 Å². The molecule has 2 unspecified atom stereocenters. The second kappa shape index (κ2) is 4.16. The molecule has 17 heavy (non-hydrogen) atoms. The van der Waals surface area contributed by atoms with Gasteiger partial charge in [0.1, 0.15) is 0 Å². The number of fused-ring (bicyclic) bond motifs is 1. The summed E-state index contributed by atoms with van der Waals surface area (Å²) in [6.45, 7) is 4.86. The molecule has 0 bridgehead atoms. The second-order valence-corrected chi connectivity index (χ2v) is 4.27. The molecule has 0 aromatic rings. The first-order chi connectivity index (χ1) is 8.02. The lowest BCUT2D eigenvalue weighted by molar-refractivity contribution is -0.195. The van der Waals surface area contributed by atoms with Crippen LogP contribution < -0.4 is 0 Å². The Bertz CT molecular complexity index is 438. The Morgan fingerprint density at radius 3 is 2.76 bits per heavy atom. The van der Waals surface area contributed by atoms with Crippen molar-refractivity contribution in [1.82, 2.24) is 5.06 Å². The maximum absolute atomic E-state index is 11.9. The zero-order valence-corrected chi connectivity index (χ0v) is 9.51. The van der Waals surface area contributed by atoms with E-state index in [4.69, 9.17) is 4.84 Å². The lowest BCUT2D eigenvalue weighted by Crippen LogP contribution is -2.33. The van der Waals surface area contributed by atoms with Gasteiger partial charge in [0.05, 0.1) is 11.8 Å². The Balaban J connectivity index is 2.17.